The van der Waals surface area contributed by atoms with E-state index in [1.165, 1.54) is 0 Å². The lowest BCUT2D eigenvalue weighted by Gasteiger charge is -2.17. The fourth-order valence-electron chi connectivity index (χ4n) is 2.19. The van der Waals surface area contributed by atoms with Crippen LogP contribution in [0.15, 0.2) is 53.4 Å². The minimum absolute atomic E-state index is 0.00419. The summed E-state index contributed by atoms with van der Waals surface area (Å²) in [6, 6.07) is 15.1. The van der Waals surface area contributed by atoms with E-state index < -0.39 is 10.8 Å². The van der Waals surface area contributed by atoms with Crippen LogP contribution in [0.2, 0.25) is 0 Å². The van der Waals surface area contributed by atoms with Crippen LogP contribution in [0, 0.1) is 0 Å². The minimum atomic E-state index is -0.959. The molecule has 0 spiro atoms. The third-order valence-electron chi connectivity index (χ3n) is 3.49. The van der Waals surface area contributed by atoms with Crippen LogP contribution >= 0.6 is 0 Å². The molecule has 2 N–H and O–H groups in total. The van der Waals surface area contributed by atoms with Crippen molar-refractivity contribution < 1.29 is 14.1 Å². The molecular formula is C17H21NO3S. The maximum atomic E-state index is 11.4. The Morgan fingerprint density at radius 3 is 2.55 bits per heavy atom. The first-order chi connectivity index (χ1) is 10.6. The van der Waals surface area contributed by atoms with Gasteiger partial charge in [0.25, 0.3) is 0 Å². The summed E-state index contributed by atoms with van der Waals surface area (Å²) in [4.78, 5) is 0.815. The van der Waals surface area contributed by atoms with Crippen LogP contribution in [-0.4, -0.2) is 29.3 Å². The van der Waals surface area contributed by atoms with E-state index in [2.05, 4.69) is 5.32 Å². The average Bonchev–Trinajstić information content (AvgIpc) is 2.56. The summed E-state index contributed by atoms with van der Waals surface area (Å²) in [5.41, 5.74) is 2.06. The molecule has 0 bridgehead atoms. The second-order valence-corrected chi connectivity index (χ2v) is 6.37. The lowest BCUT2D eigenvalue weighted by Crippen LogP contribution is -2.24. The molecule has 2 rings (SSSR count). The van der Waals surface area contributed by atoms with Gasteiger partial charge in [-0.15, -0.1) is 0 Å². The quantitative estimate of drug-likeness (QED) is 0.822. The van der Waals surface area contributed by atoms with Crippen molar-refractivity contribution in [3.8, 4) is 5.75 Å². The minimum Gasteiger partial charge on any atom is -0.497 e. The van der Waals surface area contributed by atoms with Crippen LogP contribution in [0.25, 0.3) is 0 Å². The molecule has 0 heterocycles. The zero-order chi connectivity index (χ0) is 15.9. The Hall–Kier alpha value is -1.69. The number of aliphatic hydroxyl groups excluding tert-OH is 1. The number of ether oxygens (including phenoxy) is 1. The highest BCUT2D eigenvalue weighted by Gasteiger charge is 2.10. The van der Waals surface area contributed by atoms with E-state index in [1.807, 2.05) is 48.5 Å². The van der Waals surface area contributed by atoms with E-state index in [1.54, 1.807) is 13.4 Å². The monoisotopic (exact) mass is 319 g/mol. The normalized spacial score (nSPS) is 13.6. The molecule has 0 saturated heterocycles. The number of nitrogens with one attached hydrogen (secondary N) is 1. The first kappa shape index (κ1) is 16.7. The molecule has 0 aliphatic rings. The highest BCUT2D eigenvalue weighted by Crippen LogP contribution is 2.19. The summed E-state index contributed by atoms with van der Waals surface area (Å²) in [6.07, 6.45) is 1.66. The number of aliphatic hydroxyl groups is 1. The van der Waals surface area contributed by atoms with Crippen LogP contribution in [0.3, 0.4) is 0 Å². The molecular weight excluding hydrogens is 298 g/mol. The molecule has 118 valence electrons. The Labute approximate surface area is 133 Å². The third-order valence-corrected chi connectivity index (χ3v) is 4.42. The maximum Gasteiger partial charge on any atom is 0.119 e. The van der Waals surface area contributed by atoms with Crippen LogP contribution in [0.1, 0.15) is 17.2 Å². The zero-order valence-electron chi connectivity index (χ0n) is 12.8. The Balaban J connectivity index is 2.02. The summed E-state index contributed by atoms with van der Waals surface area (Å²) in [7, 11) is 0.665. The SMILES string of the molecule is COc1cccc([C@@H](CO)NCc2ccc([S@@](C)=O)cc2)c1. The molecule has 4 nitrogen and oxygen atoms in total. The molecule has 0 unspecified atom stereocenters. The van der Waals surface area contributed by atoms with Crippen molar-refractivity contribution in [3.63, 3.8) is 0 Å². The van der Waals surface area contributed by atoms with E-state index in [0.29, 0.717) is 6.54 Å². The van der Waals surface area contributed by atoms with Gasteiger partial charge in [-0.05, 0) is 35.4 Å². The maximum absolute atomic E-state index is 11.4. The van der Waals surface area contributed by atoms with Gasteiger partial charge in [-0.2, -0.15) is 0 Å². The molecule has 0 radical (unpaired) electrons. The van der Waals surface area contributed by atoms with E-state index in [0.717, 1.165) is 21.8 Å². The Bertz CT molecular complexity index is 628. The first-order valence-corrected chi connectivity index (χ1v) is 8.60. The summed E-state index contributed by atoms with van der Waals surface area (Å²) >= 11 is 0. The Kier molecular flexibility index (Phi) is 6.12. The average molecular weight is 319 g/mol. The van der Waals surface area contributed by atoms with Gasteiger partial charge in [0, 0.05) is 28.5 Å². The first-order valence-electron chi connectivity index (χ1n) is 7.04. The van der Waals surface area contributed by atoms with Crippen LogP contribution in [0.4, 0.5) is 0 Å². The lowest BCUT2D eigenvalue weighted by atomic mass is 10.1. The molecule has 0 fully saturated rings. The topological polar surface area (TPSA) is 58.6 Å². The van der Waals surface area contributed by atoms with Gasteiger partial charge >= 0.3 is 0 Å². The van der Waals surface area contributed by atoms with Crippen molar-refractivity contribution >= 4 is 10.8 Å². The van der Waals surface area contributed by atoms with E-state index in [-0.39, 0.29) is 12.6 Å². The van der Waals surface area contributed by atoms with Crippen molar-refractivity contribution in [2.24, 2.45) is 0 Å². The van der Waals surface area contributed by atoms with Crippen molar-refractivity contribution in [2.45, 2.75) is 17.5 Å². The smallest absolute Gasteiger partial charge is 0.119 e. The van der Waals surface area contributed by atoms with E-state index in [9.17, 15) is 9.32 Å². The van der Waals surface area contributed by atoms with Gasteiger partial charge in [0.05, 0.1) is 19.8 Å². The predicted octanol–water partition coefficient (Wildman–Crippen LogP) is 2.26. The van der Waals surface area contributed by atoms with E-state index >= 15 is 0 Å². The van der Waals surface area contributed by atoms with Crippen LogP contribution in [0.5, 0.6) is 5.75 Å². The molecule has 0 amide bonds. The van der Waals surface area contributed by atoms with Crippen molar-refractivity contribution in [1.82, 2.24) is 5.32 Å². The Morgan fingerprint density at radius 2 is 1.95 bits per heavy atom. The number of methoxy groups -OCH3 is 1. The third kappa shape index (κ3) is 4.40. The van der Waals surface area contributed by atoms with Crippen LogP contribution in [-0.2, 0) is 17.3 Å². The molecule has 0 saturated carbocycles. The second kappa shape index (κ2) is 8.08. The van der Waals surface area contributed by atoms with Gasteiger partial charge in [-0.3, -0.25) is 4.21 Å². The number of rotatable bonds is 7. The Morgan fingerprint density at radius 1 is 1.23 bits per heavy atom. The molecule has 2 aromatic rings. The molecule has 0 aliphatic heterocycles. The van der Waals surface area contributed by atoms with Crippen molar-refractivity contribution in [2.75, 3.05) is 20.0 Å². The standard InChI is InChI=1S/C17H21NO3S/c1-21-15-5-3-4-14(10-15)17(12-19)18-11-13-6-8-16(9-7-13)22(2)20/h3-10,17-19H,11-12H2,1-2H3/t17-,22-/m1/s1. The van der Waals surface area contributed by atoms with Gasteiger partial charge in [0.1, 0.15) is 5.75 Å². The van der Waals surface area contributed by atoms with Crippen molar-refractivity contribution in [1.29, 1.82) is 0 Å². The number of hydrogen-bond donors (Lipinski definition) is 2. The van der Waals surface area contributed by atoms with Gasteiger partial charge in [-0.25, -0.2) is 0 Å². The molecule has 22 heavy (non-hydrogen) atoms. The van der Waals surface area contributed by atoms with Crippen LogP contribution < -0.4 is 10.1 Å². The number of benzene rings is 2. The van der Waals surface area contributed by atoms with Gasteiger partial charge in [0.2, 0.25) is 0 Å². The highest BCUT2D eigenvalue weighted by molar-refractivity contribution is 7.84. The molecule has 0 aromatic heterocycles. The second-order valence-electron chi connectivity index (χ2n) is 4.99. The van der Waals surface area contributed by atoms with E-state index in [4.69, 9.17) is 4.74 Å². The zero-order valence-corrected chi connectivity index (χ0v) is 13.6. The summed E-state index contributed by atoms with van der Waals surface area (Å²) in [5, 5.41) is 12.9. The molecule has 0 aliphatic carbocycles. The molecule has 2 aromatic carbocycles. The molecule has 2 atom stereocenters. The van der Waals surface area contributed by atoms with Gasteiger partial charge in [-0.1, -0.05) is 24.3 Å². The molecule has 5 heteroatoms. The summed E-state index contributed by atoms with van der Waals surface area (Å²) < 4.78 is 16.6. The number of hydrogen-bond acceptors (Lipinski definition) is 4. The highest BCUT2D eigenvalue weighted by atomic mass is 32.2. The van der Waals surface area contributed by atoms with Gasteiger partial charge < -0.3 is 15.2 Å². The fourth-order valence-corrected chi connectivity index (χ4v) is 2.71. The summed E-state index contributed by atoms with van der Waals surface area (Å²) in [6.45, 7) is 0.628. The van der Waals surface area contributed by atoms with Crippen molar-refractivity contribution in [3.05, 3.63) is 59.7 Å². The summed E-state index contributed by atoms with van der Waals surface area (Å²) in [5.74, 6) is 0.771. The lowest BCUT2D eigenvalue weighted by molar-refractivity contribution is 0.243. The predicted molar refractivity (Wildman–Crippen MR) is 88.4 cm³/mol. The van der Waals surface area contributed by atoms with Gasteiger partial charge in [0.15, 0.2) is 0 Å². The fraction of sp³-hybridized carbons (Fsp3) is 0.294. The largest absolute Gasteiger partial charge is 0.497 e.